The summed E-state index contributed by atoms with van der Waals surface area (Å²) in [5.41, 5.74) is 3.76. The van der Waals surface area contributed by atoms with E-state index in [1.54, 1.807) is 0 Å². The van der Waals surface area contributed by atoms with Crippen molar-refractivity contribution in [3.05, 3.63) is 64.3 Å². The number of hydrogen-bond acceptors (Lipinski definition) is 1. The van der Waals surface area contributed by atoms with E-state index < -0.39 is 0 Å². The SMILES string of the molecule is Cc1[nH]c(-c2ccccc2Cl)nc1-c1cccc(Cl)c1. The first-order valence-electron chi connectivity index (χ1n) is 6.22. The van der Waals surface area contributed by atoms with E-state index >= 15 is 0 Å². The number of aromatic amines is 1. The summed E-state index contributed by atoms with van der Waals surface area (Å²) in [6, 6.07) is 15.3. The molecule has 0 unspecified atom stereocenters. The number of aromatic nitrogens is 2. The van der Waals surface area contributed by atoms with Crippen molar-refractivity contribution in [3.8, 4) is 22.6 Å². The lowest BCUT2D eigenvalue weighted by Crippen LogP contribution is -1.82. The number of halogens is 2. The first-order chi connectivity index (χ1) is 9.65. The smallest absolute Gasteiger partial charge is 0.139 e. The Morgan fingerprint density at radius 2 is 1.80 bits per heavy atom. The summed E-state index contributed by atoms with van der Waals surface area (Å²) in [6.07, 6.45) is 0. The Balaban J connectivity index is 2.10. The van der Waals surface area contributed by atoms with E-state index in [9.17, 15) is 0 Å². The molecule has 1 aromatic heterocycles. The zero-order chi connectivity index (χ0) is 14.1. The summed E-state index contributed by atoms with van der Waals surface area (Å²) < 4.78 is 0. The standard InChI is InChI=1S/C16H12Cl2N2/c1-10-15(11-5-4-6-12(17)9-11)20-16(19-10)13-7-2-3-8-14(13)18/h2-9H,1H3,(H,19,20). The summed E-state index contributed by atoms with van der Waals surface area (Å²) in [5.74, 6) is 0.767. The minimum absolute atomic E-state index is 0.680. The molecule has 0 aliphatic rings. The topological polar surface area (TPSA) is 28.7 Å². The molecule has 0 spiro atoms. The molecule has 2 nitrogen and oxygen atoms in total. The molecular formula is C16H12Cl2N2. The maximum absolute atomic E-state index is 6.21. The van der Waals surface area contributed by atoms with E-state index in [0.717, 1.165) is 28.3 Å². The van der Waals surface area contributed by atoms with Gasteiger partial charge in [-0.25, -0.2) is 4.98 Å². The van der Waals surface area contributed by atoms with Crippen LogP contribution in [0, 0.1) is 6.92 Å². The van der Waals surface area contributed by atoms with Gasteiger partial charge in [-0.1, -0.05) is 47.5 Å². The Morgan fingerprint density at radius 1 is 1.00 bits per heavy atom. The Bertz CT molecular complexity index is 763. The predicted molar refractivity (Wildman–Crippen MR) is 84.2 cm³/mol. The van der Waals surface area contributed by atoms with E-state index in [-0.39, 0.29) is 0 Å². The van der Waals surface area contributed by atoms with Gasteiger partial charge in [-0.3, -0.25) is 0 Å². The Labute approximate surface area is 127 Å². The number of benzene rings is 2. The highest BCUT2D eigenvalue weighted by Crippen LogP contribution is 2.30. The average molecular weight is 303 g/mol. The van der Waals surface area contributed by atoms with Gasteiger partial charge in [0.2, 0.25) is 0 Å². The highest BCUT2D eigenvalue weighted by Gasteiger charge is 2.12. The third kappa shape index (κ3) is 2.45. The summed E-state index contributed by atoms with van der Waals surface area (Å²) in [6.45, 7) is 1.99. The Hall–Kier alpha value is -1.77. The van der Waals surface area contributed by atoms with Crippen molar-refractivity contribution in [2.24, 2.45) is 0 Å². The maximum Gasteiger partial charge on any atom is 0.139 e. The molecule has 0 saturated heterocycles. The van der Waals surface area contributed by atoms with Gasteiger partial charge in [0.25, 0.3) is 0 Å². The molecule has 4 heteroatoms. The van der Waals surface area contributed by atoms with Gasteiger partial charge in [0, 0.05) is 21.8 Å². The van der Waals surface area contributed by atoms with Crippen LogP contribution in [0.1, 0.15) is 5.69 Å². The predicted octanol–water partition coefficient (Wildman–Crippen LogP) is 5.36. The zero-order valence-electron chi connectivity index (χ0n) is 10.8. The molecule has 0 saturated carbocycles. The molecule has 1 heterocycles. The lowest BCUT2D eigenvalue weighted by atomic mass is 10.1. The van der Waals surface area contributed by atoms with Crippen LogP contribution >= 0.6 is 23.2 Å². The number of hydrogen-bond donors (Lipinski definition) is 1. The van der Waals surface area contributed by atoms with Gasteiger partial charge in [-0.15, -0.1) is 0 Å². The Kier molecular flexibility index (Phi) is 3.51. The van der Waals surface area contributed by atoms with Crippen molar-refractivity contribution in [2.45, 2.75) is 6.92 Å². The zero-order valence-corrected chi connectivity index (χ0v) is 12.3. The third-order valence-corrected chi connectivity index (χ3v) is 3.68. The number of nitrogens with zero attached hydrogens (tertiary/aromatic N) is 1. The minimum Gasteiger partial charge on any atom is -0.341 e. The van der Waals surface area contributed by atoms with Gasteiger partial charge in [-0.2, -0.15) is 0 Å². The fourth-order valence-electron chi connectivity index (χ4n) is 2.16. The third-order valence-electron chi connectivity index (χ3n) is 3.11. The molecule has 0 aliphatic carbocycles. The van der Waals surface area contributed by atoms with Crippen LogP contribution in [0.15, 0.2) is 48.5 Å². The lowest BCUT2D eigenvalue weighted by molar-refractivity contribution is 1.26. The number of nitrogens with one attached hydrogen (secondary N) is 1. The van der Waals surface area contributed by atoms with Crippen molar-refractivity contribution in [1.29, 1.82) is 0 Å². The van der Waals surface area contributed by atoms with E-state index in [2.05, 4.69) is 9.97 Å². The van der Waals surface area contributed by atoms with Crippen LogP contribution in [0.5, 0.6) is 0 Å². The average Bonchev–Trinajstić information content (AvgIpc) is 2.81. The molecule has 20 heavy (non-hydrogen) atoms. The van der Waals surface area contributed by atoms with Crippen LogP contribution in [0.3, 0.4) is 0 Å². The summed E-state index contributed by atoms with van der Waals surface area (Å²) in [4.78, 5) is 7.93. The highest BCUT2D eigenvalue weighted by atomic mass is 35.5. The van der Waals surface area contributed by atoms with E-state index in [1.807, 2.05) is 55.5 Å². The molecule has 1 N–H and O–H groups in total. The molecule has 0 radical (unpaired) electrons. The van der Waals surface area contributed by atoms with Crippen molar-refractivity contribution < 1.29 is 0 Å². The fourth-order valence-corrected chi connectivity index (χ4v) is 2.57. The monoisotopic (exact) mass is 302 g/mol. The Morgan fingerprint density at radius 3 is 2.55 bits per heavy atom. The molecular weight excluding hydrogens is 291 g/mol. The highest BCUT2D eigenvalue weighted by molar-refractivity contribution is 6.33. The second-order valence-electron chi connectivity index (χ2n) is 4.55. The van der Waals surface area contributed by atoms with Crippen molar-refractivity contribution >= 4 is 23.2 Å². The van der Waals surface area contributed by atoms with Crippen LogP contribution in [0.4, 0.5) is 0 Å². The van der Waals surface area contributed by atoms with Crippen molar-refractivity contribution in [1.82, 2.24) is 9.97 Å². The number of H-pyrrole nitrogens is 1. The quantitative estimate of drug-likeness (QED) is 0.678. The second-order valence-corrected chi connectivity index (χ2v) is 5.39. The molecule has 0 fully saturated rings. The van der Waals surface area contributed by atoms with Crippen LogP contribution < -0.4 is 0 Å². The van der Waals surface area contributed by atoms with Crippen LogP contribution in [0.2, 0.25) is 10.0 Å². The largest absolute Gasteiger partial charge is 0.341 e. The van der Waals surface area contributed by atoms with Crippen molar-refractivity contribution in [2.75, 3.05) is 0 Å². The normalized spacial score (nSPS) is 10.8. The van der Waals surface area contributed by atoms with Crippen LogP contribution in [-0.4, -0.2) is 9.97 Å². The molecule has 0 amide bonds. The molecule has 0 bridgehead atoms. The van der Waals surface area contributed by atoms with E-state index in [0.29, 0.717) is 10.0 Å². The minimum atomic E-state index is 0.680. The number of rotatable bonds is 2. The number of aryl methyl sites for hydroxylation is 1. The van der Waals surface area contributed by atoms with E-state index in [4.69, 9.17) is 23.2 Å². The fraction of sp³-hybridized carbons (Fsp3) is 0.0625. The first kappa shape index (κ1) is 13.2. The van der Waals surface area contributed by atoms with Crippen LogP contribution in [0.25, 0.3) is 22.6 Å². The lowest BCUT2D eigenvalue weighted by Gasteiger charge is -1.99. The molecule has 2 aromatic carbocycles. The number of imidazole rings is 1. The van der Waals surface area contributed by atoms with Gasteiger partial charge < -0.3 is 4.98 Å². The van der Waals surface area contributed by atoms with Gasteiger partial charge in [0.05, 0.1) is 10.7 Å². The van der Waals surface area contributed by atoms with Gasteiger partial charge >= 0.3 is 0 Å². The van der Waals surface area contributed by atoms with Gasteiger partial charge in [0.15, 0.2) is 0 Å². The van der Waals surface area contributed by atoms with Crippen LogP contribution in [-0.2, 0) is 0 Å². The molecule has 100 valence electrons. The molecule has 3 aromatic rings. The summed E-state index contributed by atoms with van der Waals surface area (Å²) >= 11 is 12.2. The second kappa shape index (κ2) is 5.31. The first-order valence-corrected chi connectivity index (χ1v) is 6.98. The van der Waals surface area contributed by atoms with E-state index in [1.165, 1.54) is 0 Å². The van der Waals surface area contributed by atoms with Crippen molar-refractivity contribution in [3.63, 3.8) is 0 Å². The van der Waals surface area contributed by atoms with Gasteiger partial charge in [-0.05, 0) is 31.2 Å². The molecule has 3 rings (SSSR count). The van der Waals surface area contributed by atoms with Gasteiger partial charge in [0.1, 0.15) is 5.82 Å². The maximum atomic E-state index is 6.21. The molecule has 0 atom stereocenters. The summed E-state index contributed by atoms with van der Waals surface area (Å²) in [5, 5.41) is 1.38. The molecule has 0 aliphatic heterocycles. The summed E-state index contributed by atoms with van der Waals surface area (Å²) in [7, 11) is 0.